The van der Waals surface area contributed by atoms with E-state index in [4.69, 9.17) is 5.11 Å². The molecule has 0 saturated heterocycles. The Hall–Kier alpha value is -1.48. The van der Waals surface area contributed by atoms with E-state index >= 15 is 0 Å². The number of thiol groups is 1. The summed E-state index contributed by atoms with van der Waals surface area (Å²) in [7, 11) is -2.97. The third-order valence-electron chi connectivity index (χ3n) is 1.59. The van der Waals surface area contributed by atoms with Crippen LogP contribution in [0.5, 0.6) is 5.75 Å². The molecule has 0 atom stereocenters. The topological polar surface area (TPSA) is 78.4 Å². The summed E-state index contributed by atoms with van der Waals surface area (Å²) in [6.07, 6.45) is -4.71. The fourth-order valence-electron chi connectivity index (χ4n) is 0.951. The summed E-state index contributed by atoms with van der Waals surface area (Å²) in [5.41, 5.74) is 0.642. The van der Waals surface area contributed by atoms with Gasteiger partial charge in [0.2, 0.25) is 10.9 Å². The Morgan fingerprint density at radius 3 is 2.38 bits per heavy atom. The Morgan fingerprint density at radius 1 is 1.25 bits per heavy atom. The predicted molar refractivity (Wildman–Crippen MR) is 50.2 cm³/mol. The number of phenolic OH excluding ortho intramolecular Hbond substituents is 1. The molecule has 0 bridgehead atoms. The van der Waals surface area contributed by atoms with Gasteiger partial charge in [-0.25, -0.2) is 8.42 Å². The quantitative estimate of drug-likeness (QED) is 0.367. The lowest BCUT2D eigenvalue weighted by Crippen LogP contribution is -2.19. The summed E-state index contributed by atoms with van der Waals surface area (Å²) < 4.78 is 57.1. The Balaban J connectivity index is 2.98. The third kappa shape index (κ3) is 3.28. The lowest BCUT2D eigenvalue weighted by Gasteiger charge is -2.11. The highest BCUT2D eigenvalue weighted by Gasteiger charge is 2.34. The monoisotopic (exact) mass is 256 g/mol. The van der Waals surface area contributed by atoms with Gasteiger partial charge in [0.15, 0.2) is 0 Å². The molecule has 90 valence electrons. The second-order valence-corrected chi connectivity index (χ2v) is 3.46. The number of rotatable bonds is 3. The molecule has 0 aromatic heterocycles. The van der Waals surface area contributed by atoms with Crippen LogP contribution in [0.2, 0.25) is 0 Å². The maximum Gasteiger partial charge on any atom is 0.420 e. The van der Waals surface area contributed by atoms with Crippen LogP contribution in [0, 0.1) is 0 Å². The maximum absolute atomic E-state index is 12.3. The predicted octanol–water partition coefficient (Wildman–Crippen LogP) is 0.854. The highest BCUT2D eigenvalue weighted by atomic mass is 32.2. The molecule has 1 rings (SSSR count). The van der Waals surface area contributed by atoms with Gasteiger partial charge in [-0.15, -0.1) is 4.83 Å². The first-order valence-corrected chi connectivity index (χ1v) is 5.04. The van der Waals surface area contributed by atoms with Gasteiger partial charge in [0.05, 0.1) is 11.3 Å². The molecule has 0 amide bonds. The summed E-state index contributed by atoms with van der Waals surface area (Å²) in [4.78, 5) is 1.71. The number of alkyl halides is 3. The van der Waals surface area contributed by atoms with E-state index in [0.29, 0.717) is 6.07 Å². The van der Waals surface area contributed by atoms with E-state index in [1.165, 1.54) is 0 Å². The summed E-state index contributed by atoms with van der Waals surface area (Å²) in [6.45, 7) is 0. The molecule has 0 spiro atoms. The van der Waals surface area contributed by atoms with Crippen molar-refractivity contribution >= 4 is 16.6 Å². The second-order valence-electron chi connectivity index (χ2n) is 2.72. The maximum atomic E-state index is 12.3. The van der Waals surface area contributed by atoms with Crippen molar-refractivity contribution in [3.63, 3.8) is 0 Å². The number of hydrogen-bond acceptors (Lipinski definition) is 4. The Labute approximate surface area is 89.9 Å². The van der Waals surface area contributed by atoms with Crippen LogP contribution in [0.3, 0.4) is 0 Å². The standard InChI is InChI=1S/C7H7F3N2O3S/c8-7(9,10)5-3-4(1-2-6(5)13)11-12-16(14)15/h1-3,11,13,16H,(H,12,14,15). The molecule has 0 fully saturated rings. The van der Waals surface area contributed by atoms with Crippen LogP contribution in [0.1, 0.15) is 5.56 Å². The molecule has 0 aliphatic rings. The van der Waals surface area contributed by atoms with Gasteiger partial charge >= 0.3 is 6.18 Å². The Kier molecular flexibility index (Phi) is 3.60. The van der Waals surface area contributed by atoms with Crippen LogP contribution in [-0.2, 0) is 17.1 Å². The van der Waals surface area contributed by atoms with E-state index in [9.17, 15) is 21.6 Å². The van der Waals surface area contributed by atoms with Crippen LogP contribution < -0.4 is 10.3 Å². The van der Waals surface area contributed by atoms with Crippen LogP contribution in [-0.4, -0.2) is 13.5 Å². The van der Waals surface area contributed by atoms with E-state index < -0.39 is 28.4 Å². The molecule has 0 aliphatic heterocycles. The van der Waals surface area contributed by atoms with Crippen molar-refractivity contribution in [2.75, 3.05) is 5.43 Å². The van der Waals surface area contributed by atoms with Gasteiger partial charge in [-0.1, -0.05) is 0 Å². The molecule has 3 N–H and O–H groups in total. The van der Waals surface area contributed by atoms with Crippen molar-refractivity contribution in [2.45, 2.75) is 6.18 Å². The molecule has 0 saturated carbocycles. The summed E-state index contributed by atoms with van der Waals surface area (Å²) in [5.74, 6) is -0.926. The molecule has 0 unspecified atom stereocenters. The van der Waals surface area contributed by atoms with Crippen molar-refractivity contribution in [1.29, 1.82) is 0 Å². The SMILES string of the molecule is O=[SH](=O)NNc1ccc(O)c(C(F)(F)F)c1. The van der Waals surface area contributed by atoms with Crippen molar-refractivity contribution < 1.29 is 26.7 Å². The second kappa shape index (κ2) is 4.58. The van der Waals surface area contributed by atoms with E-state index in [1.54, 1.807) is 4.83 Å². The number of halogens is 3. The molecular weight excluding hydrogens is 249 g/mol. The normalized spacial score (nSPS) is 11.8. The number of anilines is 1. The van der Waals surface area contributed by atoms with Crippen LogP contribution >= 0.6 is 0 Å². The van der Waals surface area contributed by atoms with Crippen LogP contribution in [0.15, 0.2) is 18.2 Å². The number of hydrazine groups is 1. The molecule has 0 aliphatic carbocycles. The van der Waals surface area contributed by atoms with E-state index in [-0.39, 0.29) is 5.69 Å². The number of phenols is 1. The zero-order valence-electron chi connectivity index (χ0n) is 7.58. The molecule has 1 aromatic rings. The first-order valence-electron chi connectivity index (χ1n) is 3.87. The van der Waals surface area contributed by atoms with Crippen molar-refractivity contribution in [3.8, 4) is 5.75 Å². The van der Waals surface area contributed by atoms with Gasteiger partial charge in [-0.05, 0) is 18.2 Å². The fraction of sp³-hybridized carbons (Fsp3) is 0.143. The van der Waals surface area contributed by atoms with E-state index in [1.807, 2.05) is 5.43 Å². The van der Waals surface area contributed by atoms with E-state index in [0.717, 1.165) is 12.1 Å². The Morgan fingerprint density at radius 2 is 1.88 bits per heavy atom. The zero-order chi connectivity index (χ0) is 12.3. The molecule has 0 radical (unpaired) electrons. The summed E-state index contributed by atoms with van der Waals surface area (Å²) in [6, 6.07) is 2.49. The van der Waals surface area contributed by atoms with Gasteiger partial charge in [-0.2, -0.15) is 13.2 Å². The molecule has 5 nitrogen and oxygen atoms in total. The Bertz CT molecular complexity index is 451. The number of aromatic hydroxyl groups is 1. The average Bonchev–Trinajstić information content (AvgIpc) is 2.14. The minimum atomic E-state index is -4.71. The van der Waals surface area contributed by atoms with Gasteiger partial charge in [0.25, 0.3) is 0 Å². The lowest BCUT2D eigenvalue weighted by molar-refractivity contribution is -0.138. The largest absolute Gasteiger partial charge is 0.507 e. The first kappa shape index (κ1) is 12.6. The highest BCUT2D eigenvalue weighted by molar-refractivity contribution is 7.70. The number of benzene rings is 1. The van der Waals surface area contributed by atoms with Gasteiger partial charge in [0, 0.05) is 0 Å². The molecule has 0 heterocycles. The van der Waals surface area contributed by atoms with Gasteiger partial charge < -0.3 is 10.5 Å². The molecule has 1 aromatic carbocycles. The zero-order valence-corrected chi connectivity index (χ0v) is 8.47. The molecular formula is C7H7F3N2O3S. The summed E-state index contributed by atoms with van der Waals surface area (Å²) in [5, 5.41) is 8.96. The van der Waals surface area contributed by atoms with Crippen molar-refractivity contribution in [3.05, 3.63) is 23.8 Å². The van der Waals surface area contributed by atoms with Crippen LogP contribution in [0.25, 0.3) is 0 Å². The van der Waals surface area contributed by atoms with Crippen molar-refractivity contribution in [1.82, 2.24) is 4.83 Å². The third-order valence-corrected chi connectivity index (χ3v) is 1.89. The van der Waals surface area contributed by atoms with Gasteiger partial charge in [-0.3, -0.25) is 0 Å². The molecule has 9 heteroatoms. The van der Waals surface area contributed by atoms with Crippen molar-refractivity contribution in [2.24, 2.45) is 0 Å². The smallest absolute Gasteiger partial charge is 0.420 e. The number of nitrogens with one attached hydrogen (secondary N) is 2. The van der Waals surface area contributed by atoms with Gasteiger partial charge in [0.1, 0.15) is 5.75 Å². The summed E-state index contributed by atoms with van der Waals surface area (Å²) >= 11 is 0. The van der Waals surface area contributed by atoms with E-state index in [2.05, 4.69) is 0 Å². The lowest BCUT2D eigenvalue weighted by atomic mass is 10.2. The minimum Gasteiger partial charge on any atom is -0.507 e. The number of hydrogen-bond donors (Lipinski definition) is 4. The molecule has 16 heavy (non-hydrogen) atoms. The minimum absolute atomic E-state index is 0.135. The van der Waals surface area contributed by atoms with Crippen LogP contribution in [0.4, 0.5) is 18.9 Å². The average molecular weight is 256 g/mol. The highest BCUT2D eigenvalue weighted by Crippen LogP contribution is 2.36. The fourth-order valence-corrected chi connectivity index (χ4v) is 1.17. The first-order chi connectivity index (χ1) is 7.30.